The summed E-state index contributed by atoms with van der Waals surface area (Å²) in [4.78, 5) is 11.9. The molecule has 7 heteroatoms. The number of nitrogens with two attached hydrogens (primary N) is 1. The van der Waals surface area contributed by atoms with Crippen LogP contribution in [0, 0.1) is 0 Å². The van der Waals surface area contributed by atoms with E-state index in [4.69, 9.17) is 15.2 Å². The van der Waals surface area contributed by atoms with Gasteiger partial charge in [-0.3, -0.25) is 4.79 Å². The van der Waals surface area contributed by atoms with Crippen molar-refractivity contribution in [2.24, 2.45) is 5.73 Å². The highest BCUT2D eigenvalue weighted by Crippen LogP contribution is 2.18. The number of hydrogen-bond acceptors (Lipinski definition) is 5. The average Bonchev–Trinajstić information content (AvgIpc) is 3.05. The Labute approximate surface area is 148 Å². The van der Waals surface area contributed by atoms with Gasteiger partial charge in [-0.25, -0.2) is 0 Å². The number of anilines is 1. The zero-order valence-corrected chi connectivity index (χ0v) is 15.0. The van der Waals surface area contributed by atoms with Crippen LogP contribution < -0.4 is 15.8 Å². The fourth-order valence-corrected chi connectivity index (χ4v) is 2.70. The van der Waals surface area contributed by atoms with Crippen LogP contribution in [0.15, 0.2) is 24.3 Å². The van der Waals surface area contributed by atoms with Crippen LogP contribution in [0.25, 0.3) is 0 Å². The summed E-state index contributed by atoms with van der Waals surface area (Å²) in [6.45, 7) is 1.40. The van der Waals surface area contributed by atoms with Gasteiger partial charge in [0.05, 0.1) is 12.1 Å². The third-order valence-electron chi connectivity index (χ3n) is 3.55. The van der Waals surface area contributed by atoms with Crippen LogP contribution in [-0.2, 0) is 9.53 Å². The van der Waals surface area contributed by atoms with E-state index in [9.17, 15) is 4.79 Å². The number of carbonyl (C=O) groups is 1. The summed E-state index contributed by atoms with van der Waals surface area (Å²) in [5.74, 6) is 1.51. The first-order valence-corrected chi connectivity index (χ1v) is 8.98. The number of hydrogen-bond donors (Lipinski definition) is 2. The monoisotopic (exact) mass is 360 g/mol. The Kier molecular flexibility index (Phi) is 9.40. The maximum Gasteiger partial charge on any atom is 0.241 e. The van der Waals surface area contributed by atoms with E-state index < -0.39 is 6.04 Å². The minimum atomic E-state index is -0.470. The Bertz CT molecular complexity index is 467. The number of rotatable bonds is 8. The van der Waals surface area contributed by atoms with E-state index in [1.54, 1.807) is 11.8 Å². The lowest BCUT2D eigenvalue weighted by Gasteiger charge is -2.13. The van der Waals surface area contributed by atoms with Gasteiger partial charge in [-0.2, -0.15) is 11.8 Å². The van der Waals surface area contributed by atoms with Crippen molar-refractivity contribution in [1.29, 1.82) is 0 Å². The molecular formula is C16H25ClN2O3S. The summed E-state index contributed by atoms with van der Waals surface area (Å²) < 4.78 is 11.2. The van der Waals surface area contributed by atoms with Crippen LogP contribution in [0.1, 0.15) is 19.3 Å². The Morgan fingerprint density at radius 1 is 1.48 bits per heavy atom. The topological polar surface area (TPSA) is 73.6 Å². The maximum absolute atomic E-state index is 11.9. The molecule has 0 radical (unpaired) electrons. The zero-order chi connectivity index (χ0) is 15.8. The summed E-state index contributed by atoms with van der Waals surface area (Å²) in [7, 11) is 0. The molecule has 1 aliphatic rings. The molecular weight excluding hydrogens is 336 g/mol. The van der Waals surface area contributed by atoms with Gasteiger partial charge < -0.3 is 20.5 Å². The van der Waals surface area contributed by atoms with Crippen LogP contribution in [-0.4, -0.2) is 43.3 Å². The number of benzene rings is 1. The molecule has 3 N–H and O–H groups in total. The van der Waals surface area contributed by atoms with Gasteiger partial charge in [0.2, 0.25) is 5.91 Å². The van der Waals surface area contributed by atoms with Crippen LogP contribution in [0.4, 0.5) is 5.69 Å². The second-order valence-corrected chi connectivity index (χ2v) is 6.33. The summed E-state index contributed by atoms with van der Waals surface area (Å²) in [5, 5.41) is 2.82. The Balaban J connectivity index is 0.00000264. The Hall–Kier alpha value is -0.950. The third kappa shape index (κ3) is 6.99. The van der Waals surface area contributed by atoms with Gasteiger partial charge in [-0.1, -0.05) is 0 Å². The quantitative estimate of drug-likeness (QED) is 0.745. The molecule has 1 amide bonds. The van der Waals surface area contributed by atoms with Gasteiger partial charge in [-0.15, -0.1) is 12.4 Å². The molecule has 1 saturated heterocycles. The minimum Gasteiger partial charge on any atom is -0.491 e. The molecule has 0 bridgehead atoms. The van der Waals surface area contributed by atoms with Crippen molar-refractivity contribution in [3.8, 4) is 5.75 Å². The predicted octanol–water partition coefficient (Wildman–Crippen LogP) is 2.69. The maximum atomic E-state index is 11.9. The van der Waals surface area contributed by atoms with E-state index in [2.05, 4.69) is 5.32 Å². The molecule has 1 unspecified atom stereocenters. The molecule has 130 valence electrons. The lowest BCUT2D eigenvalue weighted by atomic mass is 10.2. The SMILES string of the molecule is CSCC[C@H](N)C(=O)Nc1ccc(OCC2CCCO2)cc1.Cl. The van der Waals surface area contributed by atoms with Gasteiger partial charge >= 0.3 is 0 Å². The van der Waals surface area contributed by atoms with Crippen molar-refractivity contribution in [3.63, 3.8) is 0 Å². The zero-order valence-electron chi connectivity index (χ0n) is 13.3. The van der Waals surface area contributed by atoms with Crippen LogP contribution in [0.2, 0.25) is 0 Å². The molecule has 5 nitrogen and oxygen atoms in total. The first kappa shape index (κ1) is 20.1. The van der Waals surface area contributed by atoms with Crippen molar-refractivity contribution in [1.82, 2.24) is 0 Å². The number of thioether (sulfide) groups is 1. The molecule has 0 aliphatic carbocycles. The number of halogens is 1. The molecule has 1 aromatic rings. The molecule has 1 aliphatic heterocycles. The Morgan fingerprint density at radius 2 is 2.22 bits per heavy atom. The smallest absolute Gasteiger partial charge is 0.241 e. The number of nitrogens with one attached hydrogen (secondary N) is 1. The third-order valence-corrected chi connectivity index (χ3v) is 4.20. The highest BCUT2D eigenvalue weighted by molar-refractivity contribution is 7.98. The fourth-order valence-electron chi connectivity index (χ4n) is 2.21. The van der Waals surface area contributed by atoms with Crippen LogP contribution in [0.5, 0.6) is 5.75 Å². The van der Waals surface area contributed by atoms with E-state index in [1.807, 2.05) is 30.5 Å². The average molecular weight is 361 g/mol. The van der Waals surface area contributed by atoms with Gasteiger partial charge in [0.1, 0.15) is 12.4 Å². The van der Waals surface area contributed by atoms with E-state index in [0.717, 1.165) is 36.6 Å². The molecule has 0 spiro atoms. The minimum absolute atomic E-state index is 0. The van der Waals surface area contributed by atoms with Gasteiger partial charge in [0, 0.05) is 12.3 Å². The van der Waals surface area contributed by atoms with Gasteiger partial charge in [0.15, 0.2) is 0 Å². The molecule has 2 atom stereocenters. The molecule has 1 heterocycles. The standard InChI is InChI=1S/C16H24N2O3S.ClH/c1-22-10-8-15(17)16(19)18-12-4-6-13(7-5-12)21-11-14-3-2-9-20-14;/h4-7,14-15H,2-3,8-11,17H2,1H3,(H,18,19);1H/t14?,15-;/m0./s1. The predicted molar refractivity (Wildman–Crippen MR) is 97.8 cm³/mol. The van der Waals surface area contributed by atoms with Crippen molar-refractivity contribution >= 4 is 35.8 Å². The number of amides is 1. The van der Waals surface area contributed by atoms with Gasteiger partial charge in [0.25, 0.3) is 0 Å². The largest absolute Gasteiger partial charge is 0.491 e. The first-order chi connectivity index (χ1) is 10.7. The summed E-state index contributed by atoms with van der Waals surface area (Å²) in [6, 6.07) is 6.87. The normalized spacial score (nSPS) is 18.1. The fraction of sp³-hybridized carbons (Fsp3) is 0.562. The molecule has 1 aromatic carbocycles. The second-order valence-electron chi connectivity index (χ2n) is 5.35. The lowest BCUT2D eigenvalue weighted by Crippen LogP contribution is -2.36. The molecule has 0 aromatic heterocycles. The number of ether oxygens (including phenoxy) is 2. The summed E-state index contributed by atoms with van der Waals surface area (Å²) in [5.41, 5.74) is 6.57. The summed E-state index contributed by atoms with van der Waals surface area (Å²) in [6.07, 6.45) is 5.04. The van der Waals surface area contributed by atoms with Crippen LogP contribution >= 0.6 is 24.2 Å². The molecule has 2 rings (SSSR count). The van der Waals surface area contributed by atoms with Gasteiger partial charge in [-0.05, 0) is 55.5 Å². The second kappa shape index (κ2) is 10.8. The molecule has 1 fully saturated rings. The highest BCUT2D eigenvalue weighted by Gasteiger charge is 2.16. The van der Waals surface area contributed by atoms with Crippen molar-refractivity contribution < 1.29 is 14.3 Å². The van der Waals surface area contributed by atoms with Crippen molar-refractivity contribution in [2.75, 3.05) is 30.5 Å². The van der Waals surface area contributed by atoms with E-state index in [1.165, 1.54) is 0 Å². The first-order valence-electron chi connectivity index (χ1n) is 7.59. The highest BCUT2D eigenvalue weighted by atomic mass is 35.5. The van der Waals surface area contributed by atoms with Crippen molar-refractivity contribution in [3.05, 3.63) is 24.3 Å². The lowest BCUT2D eigenvalue weighted by molar-refractivity contribution is -0.117. The van der Waals surface area contributed by atoms with E-state index >= 15 is 0 Å². The Morgan fingerprint density at radius 3 is 2.83 bits per heavy atom. The van der Waals surface area contributed by atoms with Crippen LogP contribution in [0.3, 0.4) is 0 Å². The van der Waals surface area contributed by atoms with E-state index in [0.29, 0.717) is 13.0 Å². The molecule has 23 heavy (non-hydrogen) atoms. The molecule has 0 saturated carbocycles. The number of carbonyl (C=O) groups excluding carboxylic acids is 1. The van der Waals surface area contributed by atoms with E-state index in [-0.39, 0.29) is 24.4 Å². The van der Waals surface area contributed by atoms with Crippen molar-refractivity contribution in [2.45, 2.75) is 31.4 Å². The summed E-state index contributed by atoms with van der Waals surface area (Å²) >= 11 is 1.68.